The summed E-state index contributed by atoms with van der Waals surface area (Å²) in [7, 11) is 0. The Morgan fingerprint density at radius 3 is 2.27 bits per heavy atom. The molecule has 0 aliphatic rings. The van der Waals surface area contributed by atoms with Crippen molar-refractivity contribution in [3.8, 4) is 5.75 Å². The number of amides is 3. The molecule has 0 fully saturated rings. The zero-order valence-electron chi connectivity index (χ0n) is 18.7. The quantitative estimate of drug-likeness (QED) is 0.299. The van der Waals surface area contributed by atoms with Crippen LogP contribution in [0.2, 0.25) is 0 Å². The van der Waals surface area contributed by atoms with Gasteiger partial charge < -0.3 is 10.1 Å². The van der Waals surface area contributed by atoms with Crippen molar-refractivity contribution in [1.29, 1.82) is 0 Å². The van der Waals surface area contributed by atoms with Gasteiger partial charge in [0, 0.05) is 23.2 Å². The molecule has 0 unspecified atom stereocenters. The summed E-state index contributed by atoms with van der Waals surface area (Å²) < 4.78 is 6.22. The summed E-state index contributed by atoms with van der Waals surface area (Å²) in [5, 5.41) is 5.21. The molecule has 0 atom stereocenters. The van der Waals surface area contributed by atoms with Crippen molar-refractivity contribution in [1.82, 2.24) is 16.2 Å². The predicted molar refractivity (Wildman–Crippen MR) is 135 cm³/mol. The van der Waals surface area contributed by atoms with Crippen LogP contribution in [0.5, 0.6) is 5.75 Å². The summed E-state index contributed by atoms with van der Waals surface area (Å²) in [5.74, 6) is -0.0732. The molecule has 33 heavy (non-hydrogen) atoms. The number of halogens is 1. The Morgan fingerprint density at radius 2 is 1.67 bits per heavy atom. The highest BCUT2D eigenvalue weighted by atomic mass is 79.9. The molecule has 8 nitrogen and oxygen atoms in total. The average molecular weight is 535 g/mol. The second-order valence-corrected chi connectivity index (χ2v) is 8.84. The lowest BCUT2D eigenvalue weighted by Gasteiger charge is -2.12. The topological polar surface area (TPSA) is 109 Å². The molecule has 10 heteroatoms. The van der Waals surface area contributed by atoms with E-state index in [1.54, 1.807) is 42.5 Å². The van der Waals surface area contributed by atoms with Crippen LogP contribution in [0, 0.1) is 5.92 Å². The van der Waals surface area contributed by atoms with Crippen LogP contribution < -0.4 is 26.2 Å². The number of thiocarbonyl (C=S) groups is 1. The minimum absolute atomic E-state index is 0.0617. The zero-order valence-corrected chi connectivity index (χ0v) is 21.1. The highest BCUT2D eigenvalue weighted by Crippen LogP contribution is 2.26. The number of hydrogen-bond donors (Lipinski definition) is 4. The lowest BCUT2D eigenvalue weighted by Crippen LogP contribution is -2.48. The molecule has 0 bridgehead atoms. The molecule has 0 saturated heterocycles. The number of carbonyl (C=O) groups is 3. The Morgan fingerprint density at radius 1 is 1.00 bits per heavy atom. The number of carbonyl (C=O) groups excluding carboxylic acids is 3. The second kappa shape index (κ2) is 12.9. The minimum Gasteiger partial charge on any atom is -0.492 e. The van der Waals surface area contributed by atoms with Gasteiger partial charge in [-0.1, -0.05) is 20.8 Å². The Hall–Kier alpha value is -2.98. The summed E-state index contributed by atoms with van der Waals surface area (Å²) in [6.07, 6.45) is 1.29. The monoisotopic (exact) mass is 534 g/mol. The van der Waals surface area contributed by atoms with Crippen molar-refractivity contribution in [3.63, 3.8) is 0 Å². The first-order chi connectivity index (χ1) is 15.7. The number of hydrazine groups is 1. The molecule has 3 amide bonds. The molecule has 2 rings (SSSR count). The van der Waals surface area contributed by atoms with Crippen molar-refractivity contribution in [2.75, 3.05) is 11.9 Å². The molecular formula is C23H27BrN4O4S. The van der Waals surface area contributed by atoms with Crippen LogP contribution in [0.1, 0.15) is 54.3 Å². The van der Waals surface area contributed by atoms with E-state index < -0.39 is 11.8 Å². The normalized spacial score (nSPS) is 10.3. The van der Waals surface area contributed by atoms with E-state index in [1.807, 2.05) is 20.8 Å². The van der Waals surface area contributed by atoms with E-state index in [1.165, 1.54) is 0 Å². The smallest absolute Gasteiger partial charge is 0.269 e. The van der Waals surface area contributed by atoms with Gasteiger partial charge in [-0.3, -0.25) is 30.6 Å². The molecule has 0 saturated carbocycles. The number of rotatable bonds is 8. The number of benzene rings is 2. The third kappa shape index (κ3) is 8.82. The number of nitrogens with one attached hydrogen (secondary N) is 4. The molecule has 0 heterocycles. The van der Waals surface area contributed by atoms with E-state index in [0.29, 0.717) is 40.1 Å². The molecule has 2 aromatic rings. The Labute approximate surface area is 206 Å². The van der Waals surface area contributed by atoms with Gasteiger partial charge in [0.15, 0.2) is 5.11 Å². The van der Waals surface area contributed by atoms with Gasteiger partial charge in [-0.2, -0.15) is 0 Å². The predicted octanol–water partition coefficient (Wildman–Crippen LogP) is 4.17. The maximum absolute atomic E-state index is 12.4. The van der Waals surface area contributed by atoms with Crippen LogP contribution in [0.4, 0.5) is 5.69 Å². The van der Waals surface area contributed by atoms with Crippen LogP contribution in [0.3, 0.4) is 0 Å². The molecule has 0 radical (unpaired) electrons. The highest BCUT2D eigenvalue weighted by molar-refractivity contribution is 9.10. The molecular weight excluding hydrogens is 508 g/mol. The fourth-order valence-corrected chi connectivity index (χ4v) is 3.29. The van der Waals surface area contributed by atoms with E-state index in [-0.39, 0.29) is 16.9 Å². The molecule has 0 aliphatic carbocycles. The van der Waals surface area contributed by atoms with Crippen LogP contribution in [-0.2, 0) is 4.79 Å². The third-order valence-corrected chi connectivity index (χ3v) is 5.02. The fraction of sp³-hybridized carbons (Fsp3) is 0.304. The third-order valence-electron chi connectivity index (χ3n) is 4.20. The SMILES string of the molecule is CCCOc1ccc(C(=O)NC(=S)NNC(=O)c2ccc(NC(=O)CC(C)C)cc2)cc1Br. The summed E-state index contributed by atoms with van der Waals surface area (Å²) in [6.45, 7) is 6.51. The summed E-state index contributed by atoms with van der Waals surface area (Å²) in [6, 6.07) is 11.4. The van der Waals surface area contributed by atoms with E-state index in [2.05, 4.69) is 37.4 Å². The van der Waals surface area contributed by atoms with Crippen molar-refractivity contribution >= 4 is 56.7 Å². The molecule has 0 aliphatic heterocycles. The standard InChI is InChI=1S/C23H27BrN4O4S/c1-4-11-32-19-10-7-16(13-18(19)24)21(30)26-23(33)28-27-22(31)15-5-8-17(9-6-15)25-20(29)12-14(2)3/h5-10,13-14H,4,11-12H2,1-3H3,(H,25,29)(H,27,31)(H2,26,28,30,33). The van der Waals surface area contributed by atoms with Gasteiger partial charge in [-0.05, 0) is 83.0 Å². The van der Waals surface area contributed by atoms with Crippen LogP contribution in [0.15, 0.2) is 46.9 Å². The molecule has 2 aromatic carbocycles. The van der Waals surface area contributed by atoms with Gasteiger partial charge in [-0.15, -0.1) is 0 Å². The maximum Gasteiger partial charge on any atom is 0.269 e. The van der Waals surface area contributed by atoms with E-state index in [0.717, 1.165) is 6.42 Å². The first kappa shape index (κ1) is 26.3. The summed E-state index contributed by atoms with van der Waals surface area (Å²) >= 11 is 8.46. The summed E-state index contributed by atoms with van der Waals surface area (Å²) in [4.78, 5) is 36.5. The number of ether oxygens (including phenoxy) is 1. The first-order valence-corrected chi connectivity index (χ1v) is 11.6. The van der Waals surface area contributed by atoms with Gasteiger partial charge in [-0.25, -0.2) is 0 Å². The van der Waals surface area contributed by atoms with Gasteiger partial charge in [0.1, 0.15) is 5.75 Å². The molecule has 4 N–H and O–H groups in total. The van der Waals surface area contributed by atoms with Crippen LogP contribution in [0.25, 0.3) is 0 Å². The highest BCUT2D eigenvalue weighted by Gasteiger charge is 2.12. The Bertz CT molecular complexity index is 1010. The Balaban J connectivity index is 1.84. The van der Waals surface area contributed by atoms with Gasteiger partial charge >= 0.3 is 0 Å². The Kier molecular flexibility index (Phi) is 10.3. The number of anilines is 1. The van der Waals surface area contributed by atoms with Crippen molar-refractivity contribution in [2.24, 2.45) is 5.92 Å². The van der Waals surface area contributed by atoms with Gasteiger partial charge in [0.05, 0.1) is 11.1 Å². The second-order valence-electron chi connectivity index (χ2n) is 7.58. The fourth-order valence-electron chi connectivity index (χ4n) is 2.65. The van der Waals surface area contributed by atoms with Gasteiger partial charge in [0.25, 0.3) is 11.8 Å². The van der Waals surface area contributed by atoms with Crippen molar-refractivity contribution in [3.05, 3.63) is 58.1 Å². The van der Waals surface area contributed by atoms with E-state index in [9.17, 15) is 14.4 Å². The number of hydrogen-bond acceptors (Lipinski definition) is 5. The lowest BCUT2D eigenvalue weighted by atomic mass is 10.1. The first-order valence-electron chi connectivity index (χ1n) is 10.4. The average Bonchev–Trinajstić information content (AvgIpc) is 2.76. The van der Waals surface area contributed by atoms with Gasteiger partial charge in [0.2, 0.25) is 5.91 Å². The largest absolute Gasteiger partial charge is 0.492 e. The maximum atomic E-state index is 12.4. The van der Waals surface area contributed by atoms with E-state index in [4.69, 9.17) is 17.0 Å². The van der Waals surface area contributed by atoms with Crippen molar-refractivity contribution in [2.45, 2.75) is 33.6 Å². The molecule has 176 valence electrons. The van der Waals surface area contributed by atoms with Crippen LogP contribution in [-0.4, -0.2) is 29.4 Å². The summed E-state index contributed by atoms with van der Waals surface area (Å²) in [5.41, 5.74) is 6.25. The van der Waals surface area contributed by atoms with Crippen molar-refractivity contribution < 1.29 is 19.1 Å². The lowest BCUT2D eigenvalue weighted by molar-refractivity contribution is -0.116. The van der Waals surface area contributed by atoms with Crippen LogP contribution >= 0.6 is 28.1 Å². The molecule has 0 aromatic heterocycles. The zero-order chi connectivity index (χ0) is 24.4. The minimum atomic E-state index is -0.452. The molecule has 0 spiro atoms. The van der Waals surface area contributed by atoms with E-state index >= 15 is 0 Å².